The van der Waals surface area contributed by atoms with Crippen molar-refractivity contribution in [1.29, 1.82) is 0 Å². The predicted octanol–water partition coefficient (Wildman–Crippen LogP) is 3.04. The van der Waals surface area contributed by atoms with E-state index in [4.69, 9.17) is 4.74 Å². The molecule has 2 aromatic heterocycles. The van der Waals surface area contributed by atoms with E-state index in [1.807, 2.05) is 0 Å². The Morgan fingerprint density at radius 1 is 1.17 bits per heavy atom. The number of para-hydroxylation sites is 2. The van der Waals surface area contributed by atoms with Gasteiger partial charge < -0.3 is 15.0 Å². The smallest absolute Gasteiger partial charge is 0.268 e. The van der Waals surface area contributed by atoms with Gasteiger partial charge in [-0.15, -0.1) is 0 Å². The molecule has 0 radical (unpaired) electrons. The molecule has 0 saturated heterocycles. The Kier molecular flexibility index (Phi) is 4.78. The van der Waals surface area contributed by atoms with Crippen LogP contribution >= 0.6 is 0 Å². The van der Waals surface area contributed by atoms with E-state index in [2.05, 4.69) is 20.4 Å². The average molecular weight is 407 g/mol. The summed E-state index contributed by atoms with van der Waals surface area (Å²) in [5.74, 6) is -0.440. The number of benzene rings is 2. The summed E-state index contributed by atoms with van der Waals surface area (Å²) in [5.41, 5.74) is -0.183. The SMILES string of the molecule is CC(C)(Oc1ccc(F)cc1)C(=O)Nc1ccccc1-n1ncc2c(=O)[nH]cnc21. The normalized spacial score (nSPS) is 11.4. The highest BCUT2D eigenvalue weighted by atomic mass is 19.1. The molecule has 9 heteroatoms. The van der Waals surface area contributed by atoms with Crippen molar-refractivity contribution in [2.75, 3.05) is 5.32 Å². The first-order valence-corrected chi connectivity index (χ1v) is 9.12. The van der Waals surface area contributed by atoms with Crippen LogP contribution in [0.15, 0.2) is 65.8 Å². The van der Waals surface area contributed by atoms with Crippen molar-refractivity contribution in [3.8, 4) is 11.4 Å². The summed E-state index contributed by atoms with van der Waals surface area (Å²) in [6.45, 7) is 3.22. The Bertz CT molecular complexity index is 1280. The Morgan fingerprint density at radius 3 is 2.67 bits per heavy atom. The van der Waals surface area contributed by atoms with Gasteiger partial charge >= 0.3 is 0 Å². The Balaban J connectivity index is 1.64. The van der Waals surface area contributed by atoms with Crippen LogP contribution in [0.1, 0.15) is 13.8 Å². The molecule has 0 fully saturated rings. The number of hydrogen-bond acceptors (Lipinski definition) is 5. The Hall–Kier alpha value is -4.01. The first-order chi connectivity index (χ1) is 14.3. The fourth-order valence-electron chi connectivity index (χ4n) is 2.91. The van der Waals surface area contributed by atoms with E-state index in [1.54, 1.807) is 38.1 Å². The van der Waals surface area contributed by atoms with E-state index in [0.29, 0.717) is 28.2 Å². The van der Waals surface area contributed by atoms with Gasteiger partial charge in [0.1, 0.15) is 17.0 Å². The predicted molar refractivity (Wildman–Crippen MR) is 109 cm³/mol. The maximum atomic E-state index is 13.1. The molecule has 2 aromatic carbocycles. The highest BCUT2D eigenvalue weighted by Crippen LogP contribution is 2.25. The molecule has 30 heavy (non-hydrogen) atoms. The minimum absolute atomic E-state index is 0.304. The lowest BCUT2D eigenvalue weighted by molar-refractivity contribution is -0.128. The standard InChI is InChI=1S/C21H18FN5O3/c1-21(2,30-14-9-7-13(22)8-10-14)20(29)26-16-5-3-4-6-17(16)27-18-15(11-25-27)19(28)24-12-23-18/h3-12H,1-2H3,(H,26,29)(H,23,24,28). The van der Waals surface area contributed by atoms with Crippen LogP contribution < -0.4 is 15.6 Å². The molecule has 4 rings (SSSR count). The Morgan fingerprint density at radius 2 is 1.90 bits per heavy atom. The molecule has 1 amide bonds. The quantitative estimate of drug-likeness (QED) is 0.529. The van der Waals surface area contributed by atoms with Crippen LogP contribution in [-0.2, 0) is 4.79 Å². The van der Waals surface area contributed by atoms with Gasteiger partial charge in [0.15, 0.2) is 11.2 Å². The fraction of sp³-hybridized carbons (Fsp3) is 0.143. The Labute approximate surface area is 170 Å². The molecule has 0 atom stereocenters. The second-order valence-electron chi connectivity index (χ2n) is 7.06. The molecule has 2 N–H and O–H groups in total. The van der Waals surface area contributed by atoms with Gasteiger partial charge in [0.25, 0.3) is 11.5 Å². The van der Waals surface area contributed by atoms with Crippen molar-refractivity contribution in [2.24, 2.45) is 0 Å². The van der Waals surface area contributed by atoms with Gasteiger partial charge in [0.2, 0.25) is 0 Å². The molecule has 0 saturated carbocycles. The zero-order valence-corrected chi connectivity index (χ0v) is 16.2. The van der Waals surface area contributed by atoms with Gasteiger partial charge in [0.05, 0.1) is 23.9 Å². The van der Waals surface area contributed by atoms with Crippen LogP contribution in [0.4, 0.5) is 10.1 Å². The fourth-order valence-corrected chi connectivity index (χ4v) is 2.91. The van der Waals surface area contributed by atoms with E-state index < -0.39 is 17.3 Å². The maximum absolute atomic E-state index is 13.1. The molecule has 2 heterocycles. The maximum Gasteiger partial charge on any atom is 0.268 e. The van der Waals surface area contributed by atoms with Crippen molar-refractivity contribution in [1.82, 2.24) is 19.7 Å². The molecule has 0 spiro atoms. The molecule has 4 aromatic rings. The van der Waals surface area contributed by atoms with Crippen LogP contribution in [0.2, 0.25) is 0 Å². The molecule has 8 nitrogen and oxygen atoms in total. The summed E-state index contributed by atoms with van der Waals surface area (Å²) >= 11 is 0. The summed E-state index contributed by atoms with van der Waals surface area (Å²) in [6.07, 6.45) is 2.71. The van der Waals surface area contributed by atoms with Crippen LogP contribution in [0, 0.1) is 5.82 Å². The average Bonchev–Trinajstić information content (AvgIpc) is 3.15. The number of halogens is 1. The number of carbonyl (C=O) groups is 1. The summed E-state index contributed by atoms with van der Waals surface area (Å²) < 4.78 is 20.3. The molecule has 152 valence electrons. The molecule has 0 aliphatic carbocycles. The zero-order chi connectivity index (χ0) is 21.3. The number of nitrogens with zero attached hydrogens (tertiary/aromatic N) is 3. The monoisotopic (exact) mass is 407 g/mol. The summed E-state index contributed by atoms with van der Waals surface area (Å²) in [6, 6.07) is 12.4. The minimum Gasteiger partial charge on any atom is -0.478 e. The molecular weight excluding hydrogens is 389 g/mol. The second kappa shape index (κ2) is 7.43. The summed E-state index contributed by atoms with van der Waals surface area (Å²) in [7, 11) is 0. The second-order valence-corrected chi connectivity index (χ2v) is 7.06. The van der Waals surface area contributed by atoms with Gasteiger partial charge in [0, 0.05) is 0 Å². The molecular formula is C21H18FN5O3. The number of rotatable bonds is 5. The number of aromatic amines is 1. The summed E-state index contributed by atoms with van der Waals surface area (Å²) in [5, 5.41) is 7.42. The number of H-pyrrole nitrogens is 1. The number of aromatic nitrogens is 4. The number of fused-ring (bicyclic) bond motifs is 1. The number of nitrogens with one attached hydrogen (secondary N) is 2. The third kappa shape index (κ3) is 3.64. The number of anilines is 1. The van der Waals surface area contributed by atoms with Gasteiger partial charge in [-0.3, -0.25) is 9.59 Å². The highest BCUT2D eigenvalue weighted by Gasteiger charge is 2.31. The zero-order valence-electron chi connectivity index (χ0n) is 16.2. The molecule has 0 aliphatic heterocycles. The number of amides is 1. The van der Waals surface area contributed by atoms with Gasteiger partial charge in [-0.1, -0.05) is 12.1 Å². The summed E-state index contributed by atoms with van der Waals surface area (Å²) in [4.78, 5) is 31.6. The van der Waals surface area contributed by atoms with E-state index in [9.17, 15) is 14.0 Å². The number of ether oxygens (including phenoxy) is 1. The van der Waals surface area contributed by atoms with Gasteiger partial charge in [-0.2, -0.15) is 5.10 Å². The highest BCUT2D eigenvalue weighted by molar-refractivity contribution is 5.98. The topological polar surface area (TPSA) is 102 Å². The van der Waals surface area contributed by atoms with Crippen molar-refractivity contribution in [2.45, 2.75) is 19.4 Å². The first-order valence-electron chi connectivity index (χ1n) is 9.12. The molecule has 0 bridgehead atoms. The van der Waals surface area contributed by atoms with Crippen molar-refractivity contribution >= 4 is 22.6 Å². The van der Waals surface area contributed by atoms with E-state index in [0.717, 1.165) is 0 Å². The van der Waals surface area contributed by atoms with Crippen LogP contribution in [0.3, 0.4) is 0 Å². The largest absolute Gasteiger partial charge is 0.478 e. The van der Waals surface area contributed by atoms with Crippen LogP contribution in [0.25, 0.3) is 16.7 Å². The van der Waals surface area contributed by atoms with Crippen LogP contribution in [-0.4, -0.2) is 31.3 Å². The first kappa shape index (κ1) is 19.3. The molecule has 0 unspecified atom stereocenters. The molecule has 0 aliphatic rings. The third-order valence-electron chi connectivity index (χ3n) is 4.48. The number of hydrogen-bond donors (Lipinski definition) is 2. The third-order valence-corrected chi connectivity index (χ3v) is 4.48. The van der Waals surface area contributed by atoms with Crippen molar-refractivity contribution in [3.05, 3.63) is 77.2 Å². The van der Waals surface area contributed by atoms with Crippen molar-refractivity contribution in [3.63, 3.8) is 0 Å². The van der Waals surface area contributed by atoms with E-state index >= 15 is 0 Å². The lowest BCUT2D eigenvalue weighted by Crippen LogP contribution is -2.42. The minimum atomic E-state index is -1.24. The lowest BCUT2D eigenvalue weighted by atomic mass is 10.1. The lowest BCUT2D eigenvalue weighted by Gasteiger charge is -2.26. The van der Waals surface area contributed by atoms with E-state index in [-0.39, 0.29) is 5.56 Å². The van der Waals surface area contributed by atoms with Crippen LogP contribution in [0.5, 0.6) is 5.75 Å². The van der Waals surface area contributed by atoms with Gasteiger partial charge in [-0.25, -0.2) is 14.1 Å². The van der Waals surface area contributed by atoms with Crippen molar-refractivity contribution < 1.29 is 13.9 Å². The number of carbonyl (C=O) groups excluding carboxylic acids is 1. The van der Waals surface area contributed by atoms with Gasteiger partial charge in [-0.05, 0) is 50.2 Å². The van der Waals surface area contributed by atoms with E-state index in [1.165, 1.54) is 41.5 Å².